The van der Waals surface area contributed by atoms with Crippen molar-refractivity contribution < 1.29 is 9.21 Å². The van der Waals surface area contributed by atoms with Crippen molar-refractivity contribution in [2.75, 3.05) is 0 Å². The van der Waals surface area contributed by atoms with E-state index >= 15 is 0 Å². The molecule has 3 nitrogen and oxygen atoms in total. The Kier molecular flexibility index (Phi) is 2.86. The van der Waals surface area contributed by atoms with E-state index < -0.39 is 0 Å². The van der Waals surface area contributed by atoms with Crippen LogP contribution < -0.4 is 0 Å². The van der Waals surface area contributed by atoms with Crippen molar-refractivity contribution in [3.63, 3.8) is 0 Å². The lowest BCUT2D eigenvalue weighted by atomic mass is 10.0. The molecule has 0 fully saturated rings. The Bertz CT molecular complexity index is 514. The van der Waals surface area contributed by atoms with E-state index in [1.807, 2.05) is 19.9 Å². The second-order valence-electron chi connectivity index (χ2n) is 3.69. The number of carbonyl (C=O) groups is 1. The Morgan fingerprint density at radius 1 is 1.44 bits per heavy atom. The molecular weight excluding hydrogens is 202 g/mol. The monoisotopic (exact) mass is 215 g/mol. The summed E-state index contributed by atoms with van der Waals surface area (Å²) in [4.78, 5) is 16.2. The predicted octanol–water partition coefficient (Wildman–Crippen LogP) is 2.78. The maximum absolute atomic E-state index is 12.1. The SMILES string of the molecule is CCc1occc1C(=O)c1cncc(C)c1. The van der Waals surface area contributed by atoms with Gasteiger partial charge in [-0.1, -0.05) is 6.92 Å². The lowest BCUT2D eigenvalue weighted by molar-refractivity contribution is 0.103. The van der Waals surface area contributed by atoms with Crippen LogP contribution in [0.1, 0.15) is 34.2 Å². The van der Waals surface area contributed by atoms with Crippen LogP contribution in [0.3, 0.4) is 0 Å². The summed E-state index contributed by atoms with van der Waals surface area (Å²) >= 11 is 0. The first kappa shape index (κ1) is 10.6. The van der Waals surface area contributed by atoms with Crippen LogP contribution in [0, 0.1) is 6.92 Å². The van der Waals surface area contributed by atoms with Crippen LogP contribution in [0.25, 0.3) is 0 Å². The molecule has 2 aromatic heterocycles. The third kappa shape index (κ3) is 1.89. The van der Waals surface area contributed by atoms with Crippen LogP contribution in [-0.2, 0) is 6.42 Å². The fraction of sp³-hybridized carbons (Fsp3) is 0.231. The number of aryl methyl sites for hydroxylation is 2. The fourth-order valence-corrected chi connectivity index (χ4v) is 1.65. The summed E-state index contributed by atoms with van der Waals surface area (Å²) in [7, 11) is 0. The van der Waals surface area contributed by atoms with Crippen LogP contribution in [-0.4, -0.2) is 10.8 Å². The molecule has 0 radical (unpaired) electrons. The lowest BCUT2D eigenvalue weighted by Crippen LogP contribution is -2.03. The van der Waals surface area contributed by atoms with Gasteiger partial charge in [-0.25, -0.2) is 0 Å². The number of furan rings is 1. The third-order valence-electron chi connectivity index (χ3n) is 2.45. The molecule has 0 aliphatic carbocycles. The Hall–Kier alpha value is -1.90. The normalized spacial score (nSPS) is 10.4. The van der Waals surface area contributed by atoms with Crippen LogP contribution in [0.4, 0.5) is 0 Å². The topological polar surface area (TPSA) is 43.1 Å². The highest BCUT2D eigenvalue weighted by Gasteiger charge is 2.15. The van der Waals surface area contributed by atoms with E-state index in [0.717, 1.165) is 11.3 Å². The van der Waals surface area contributed by atoms with Crippen molar-refractivity contribution in [1.82, 2.24) is 4.98 Å². The summed E-state index contributed by atoms with van der Waals surface area (Å²) < 4.78 is 5.25. The van der Waals surface area contributed by atoms with Gasteiger partial charge in [-0.05, 0) is 24.6 Å². The molecule has 0 unspecified atom stereocenters. The third-order valence-corrected chi connectivity index (χ3v) is 2.45. The molecule has 0 saturated heterocycles. The maximum Gasteiger partial charge on any atom is 0.198 e. The molecule has 2 rings (SSSR count). The van der Waals surface area contributed by atoms with Gasteiger partial charge in [-0.2, -0.15) is 0 Å². The van der Waals surface area contributed by atoms with E-state index in [4.69, 9.17) is 4.42 Å². The van der Waals surface area contributed by atoms with Gasteiger partial charge < -0.3 is 4.42 Å². The second kappa shape index (κ2) is 4.31. The van der Waals surface area contributed by atoms with Gasteiger partial charge >= 0.3 is 0 Å². The molecule has 0 amide bonds. The Morgan fingerprint density at radius 3 is 2.94 bits per heavy atom. The van der Waals surface area contributed by atoms with E-state index in [1.54, 1.807) is 24.7 Å². The molecular formula is C13H13NO2. The van der Waals surface area contributed by atoms with Crippen LogP contribution >= 0.6 is 0 Å². The van der Waals surface area contributed by atoms with Crippen LogP contribution in [0.2, 0.25) is 0 Å². The minimum absolute atomic E-state index is 0.0261. The van der Waals surface area contributed by atoms with Crippen molar-refractivity contribution in [1.29, 1.82) is 0 Å². The van der Waals surface area contributed by atoms with Crippen molar-refractivity contribution in [2.45, 2.75) is 20.3 Å². The van der Waals surface area contributed by atoms with Gasteiger partial charge in [0.05, 0.1) is 11.8 Å². The molecule has 3 heteroatoms. The Balaban J connectivity index is 2.39. The van der Waals surface area contributed by atoms with Crippen LogP contribution in [0.15, 0.2) is 35.2 Å². The highest BCUT2D eigenvalue weighted by atomic mass is 16.3. The van der Waals surface area contributed by atoms with Crippen molar-refractivity contribution >= 4 is 5.78 Å². The van der Waals surface area contributed by atoms with Gasteiger partial charge in [-0.3, -0.25) is 9.78 Å². The number of nitrogens with zero attached hydrogens (tertiary/aromatic N) is 1. The van der Waals surface area contributed by atoms with E-state index in [0.29, 0.717) is 17.5 Å². The fourth-order valence-electron chi connectivity index (χ4n) is 1.65. The van der Waals surface area contributed by atoms with Gasteiger partial charge in [0.2, 0.25) is 0 Å². The first-order valence-corrected chi connectivity index (χ1v) is 5.25. The summed E-state index contributed by atoms with van der Waals surface area (Å²) in [5.74, 6) is 0.702. The number of aromatic nitrogens is 1. The average Bonchev–Trinajstić information content (AvgIpc) is 2.76. The summed E-state index contributed by atoms with van der Waals surface area (Å²) in [6, 6.07) is 3.55. The molecule has 0 aliphatic rings. The van der Waals surface area contributed by atoms with Gasteiger partial charge in [0, 0.05) is 24.4 Å². The molecule has 0 N–H and O–H groups in total. The van der Waals surface area contributed by atoms with Gasteiger partial charge in [0.25, 0.3) is 0 Å². The van der Waals surface area contributed by atoms with E-state index in [2.05, 4.69) is 4.98 Å². The minimum Gasteiger partial charge on any atom is -0.469 e. The maximum atomic E-state index is 12.1. The van der Waals surface area contributed by atoms with Gasteiger partial charge in [0.15, 0.2) is 5.78 Å². The minimum atomic E-state index is -0.0261. The zero-order chi connectivity index (χ0) is 11.5. The molecule has 0 spiro atoms. The van der Waals surface area contributed by atoms with Gasteiger partial charge in [-0.15, -0.1) is 0 Å². The molecule has 82 valence electrons. The molecule has 0 aromatic carbocycles. The van der Waals surface area contributed by atoms with Gasteiger partial charge in [0.1, 0.15) is 5.76 Å². The predicted molar refractivity (Wildman–Crippen MR) is 60.5 cm³/mol. The average molecular weight is 215 g/mol. The second-order valence-corrected chi connectivity index (χ2v) is 3.69. The largest absolute Gasteiger partial charge is 0.469 e. The number of rotatable bonds is 3. The van der Waals surface area contributed by atoms with E-state index in [-0.39, 0.29) is 5.78 Å². The molecule has 0 bridgehead atoms. The quantitative estimate of drug-likeness (QED) is 0.739. The summed E-state index contributed by atoms with van der Waals surface area (Å²) in [6.07, 6.45) is 5.58. The Labute approximate surface area is 94.1 Å². The standard InChI is InChI=1S/C13H13NO2/c1-3-12-11(4-5-16-12)13(15)10-6-9(2)7-14-8-10/h4-8H,3H2,1-2H3. The molecule has 2 heterocycles. The smallest absolute Gasteiger partial charge is 0.198 e. The zero-order valence-corrected chi connectivity index (χ0v) is 9.36. The molecule has 2 aromatic rings. The van der Waals surface area contributed by atoms with Crippen molar-refractivity contribution in [3.05, 3.63) is 53.2 Å². The number of hydrogen-bond donors (Lipinski definition) is 0. The first-order valence-electron chi connectivity index (χ1n) is 5.25. The highest BCUT2D eigenvalue weighted by Crippen LogP contribution is 2.16. The lowest BCUT2D eigenvalue weighted by Gasteiger charge is -2.01. The Morgan fingerprint density at radius 2 is 2.25 bits per heavy atom. The first-order chi connectivity index (χ1) is 7.72. The summed E-state index contributed by atoms with van der Waals surface area (Å²) in [5, 5.41) is 0. The number of ketones is 1. The van der Waals surface area contributed by atoms with Crippen molar-refractivity contribution in [3.8, 4) is 0 Å². The molecule has 16 heavy (non-hydrogen) atoms. The number of carbonyl (C=O) groups excluding carboxylic acids is 1. The van der Waals surface area contributed by atoms with Crippen molar-refractivity contribution in [2.24, 2.45) is 0 Å². The zero-order valence-electron chi connectivity index (χ0n) is 9.36. The number of hydrogen-bond acceptors (Lipinski definition) is 3. The molecule has 0 saturated carbocycles. The summed E-state index contributed by atoms with van der Waals surface area (Å²) in [6.45, 7) is 3.88. The van der Waals surface area contributed by atoms with E-state index in [9.17, 15) is 4.79 Å². The molecule has 0 aliphatic heterocycles. The van der Waals surface area contributed by atoms with E-state index in [1.165, 1.54) is 0 Å². The number of pyridine rings is 1. The highest BCUT2D eigenvalue weighted by molar-refractivity contribution is 6.09. The van der Waals surface area contributed by atoms with Crippen LogP contribution in [0.5, 0.6) is 0 Å². The summed E-state index contributed by atoms with van der Waals surface area (Å²) in [5.41, 5.74) is 2.22. The molecule has 0 atom stereocenters.